The highest BCUT2D eigenvalue weighted by molar-refractivity contribution is 5.66. The molecule has 6 heteroatoms. The second kappa shape index (κ2) is 8.63. The Morgan fingerprint density at radius 2 is 1.67 bits per heavy atom. The molecule has 0 aliphatic carbocycles. The Labute approximate surface area is 158 Å². The summed E-state index contributed by atoms with van der Waals surface area (Å²) in [6, 6.07) is 18.8. The number of ether oxygens (including phenoxy) is 3. The summed E-state index contributed by atoms with van der Waals surface area (Å²) in [5, 5.41) is 21.2. The molecule has 1 fully saturated rings. The fraction of sp³-hybridized carbons (Fsp3) is 0.381. The van der Waals surface area contributed by atoms with Crippen molar-refractivity contribution in [1.29, 1.82) is 0 Å². The van der Waals surface area contributed by atoms with E-state index in [1.54, 1.807) is 0 Å². The lowest BCUT2D eigenvalue weighted by Crippen LogP contribution is -2.52. The molecule has 27 heavy (non-hydrogen) atoms. The van der Waals surface area contributed by atoms with Gasteiger partial charge in [0, 0.05) is 13.3 Å². The van der Waals surface area contributed by atoms with Gasteiger partial charge in [-0.05, 0) is 11.1 Å². The number of carbonyl (C=O) groups excluding carboxylic acids is 1. The van der Waals surface area contributed by atoms with Crippen LogP contribution in [0.1, 0.15) is 18.1 Å². The molecule has 0 aromatic heterocycles. The number of hydrogen-bond acceptors (Lipinski definition) is 6. The van der Waals surface area contributed by atoms with Crippen LogP contribution in [-0.4, -0.2) is 46.9 Å². The van der Waals surface area contributed by atoms with E-state index in [0.717, 1.165) is 11.1 Å². The Hall–Kier alpha value is -2.25. The standard InChI is InChI=1S/C21H24O6/c1-15(23)26-20-21(24,12-16-8-4-2-5-9-16)19(18(13-22)27-20)25-14-17-10-6-3-7-11-17/h2-11,18-20,22,24H,12-14H2,1H3/t18-,19-,20+,21+/m1/s1. The van der Waals surface area contributed by atoms with E-state index in [9.17, 15) is 15.0 Å². The smallest absolute Gasteiger partial charge is 0.305 e. The Kier molecular flexibility index (Phi) is 6.23. The second-order valence-electron chi connectivity index (χ2n) is 6.67. The Morgan fingerprint density at radius 1 is 1.07 bits per heavy atom. The maximum absolute atomic E-state index is 11.5. The molecule has 3 rings (SSSR count). The minimum Gasteiger partial charge on any atom is -0.433 e. The minimum atomic E-state index is -1.63. The summed E-state index contributed by atoms with van der Waals surface area (Å²) >= 11 is 0. The average Bonchev–Trinajstić information content (AvgIpc) is 2.92. The van der Waals surface area contributed by atoms with Crippen LogP contribution in [0.4, 0.5) is 0 Å². The van der Waals surface area contributed by atoms with Gasteiger partial charge in [-0.1, -0.05) is 60.7 Å². The van der Waals surface area contributed by atoms with Gasteiger partial charge in [-0.15, -0.1) is 0 Å². The zero-order chi connectivity index (χ0) is 19.3. The second-order valence-corrected chi connectivity index (χ2v) is 6.67. The van der Waals surface area contributed by atoms with E-state index in [1.165, 1.54) is 6.92 Å². The predicted molar refractivity (Wildman–Crippen MR) is 97.6 cm³/mol. The van der Waals surface area contributed by atoms with Crippen LogP contribution in [-0.2, 0) is 32.0 Å². The molecule has 0 amide bonds. The van der Waals surface area contributed by atoms with Gasteiger partial charge in [-0.25, -0.2) is 0 Å². The fourth-order valence-corrected chi connectivity index (χ4v) is 3.34. The van der Waals surface area contributed by atoms with E-state index in [2.05, 4.69) is 0 Å². The summed E-state index contributed by atoms with van der Waals surface area (Å²) < 4.78 is 16.8. The van der Waals surface area contributed by atoms with Gasteiger partial charge in [0.15, 0.2) is 5.60 Å². The van der Waals surface area contributed by atoms with Gasteiger partial charge in [0.1, 0.15) is 12.2 Å². The lowest BCUT2D eigenvalue weighted by atomic mass is 9.87. The molecule has 1 heterocycles. The molecule has 144 valence electrons. The zero-order valence-corrected chi connectivity index (χ0v) is 15.2. The largest absolute Gasteiger partial charge is 0.433 e. The van der Waals surface area contributed by atoms with Gasteiger partial charge in [-0.3, -0.25) is 4.79 Å². The lowest BCUT2D eigenvalue weighted by Gasteiger charge is -2.33. The molecule has 1 saturated heterocycles. The number of benzene rings is 2. The van der Waals surface area contributed by atoms with Gasteiger partial charge in [0.25, 0.3) is 0 Å². The molecule has 1 aliphatic rings. The molecule has 6 nitrogen and oxygen atoms in total. The molecular weight excluding hydrogens is 348 g/mol. The molecule has 1 aliphatic heterocycles. The van der Waals surface area contributed by atoms with E-state index >= 15 is 0 Å². The quantitative estimate of drug-likeness (QED) is 0.722. The van der Waals surface area contributed by atoms with Crippen molar-refractivity contribution in [2.24, 2.45) is 0 Å². The SMILES string of the molecule is CC(=O)O[C@H]1O[C@H](CO)[C@@H](OCc2ccccc2)[C@@]1(O)Cc1ccccc1. The molecule has 0 unspecified atom stereocenters. The van der Waals surface area contributed by atoms with E-state index in [-0.39, 0.29) is 19.6 Å². The summed E-state index contributed by atoms with van der Waals surface area (Å²) in [4.78, 5) is 11.5. The molecule has 2 aromatic carbocycles. The topological polar surface area (TPSA) is 85.2 Å². The van der Waals surface area contributed by atoms with E-state index in [0.29, 0.717) is 0 Å². The van der Waals surface area contributed by atoms with Crippen molar-refractivity contribution in [1.82, 2.24) is 0 Å². The van der Waals surface area contributed by atoms with Crippen LogP contribution in [0.25, 0.3) is 0 Å². The van der Waals surface area contributed by atoms with Crippen LogP contribution in [0.2, 0.25) is 0 Å². The van der Waals surface area contributed by atoms with Crippen LogP contribution in [0, 0.1) is 0 Å². The van der Waals surface area contributed by atoms with Gasteiger partial charge in [0.05, 0.1) is 13.2 Å². The molecule has 2 aromatic rings. The number of carbonyl (C=O) groups is 1. The summed E-state index contributed by atoms with van der Waals surface area (Å²) in [5.41, 5.74) is 0.134. The van der Waals surface area contributed by atoms with Crippen molar-refractivity contribution in [3.05, 3.63) is 71.8 Å². The highest BCUT2D eigenvalue weighted by Gasteiger charge is 2.58. The first-order chi connectivity index (χ1) is 13.0. The molecule has 0 bridgehead atoms. The third-order valence-corrected chi connectivity index (χ3v) is 4.59. The van der Waals surface area contributed by atoms with Crippen molar-refractivity contribution in [3.8, 4) is 0 Å². The lowest BCUT2D eigenvalue weighted by molar-refractivity contribution is -0.211. The van der Waals surface area contributed by atoms with Gasteiger partial charge in [0.2, 0.25) is 6.29 Å². The average molecular weight is 372 g/mol. The number of esters is 1. The molecule has 0 saturated carbocycles. The molecule has 2 N–H and O–H groups in total. The van der Waals surface area contributed by atoms with Crippen LogP contribution < -0.4 is 0 Å². The first-order valence-electron chi connectivity index (χ1n) is 8.88. The summed E-state index contributed by atoms with van der Waals surface area (Å²) in [6.07, 6.45) is -2.76. The summed E-state index contributed by atoms with van der Waals surface area (Å²) in [5.74, 6) is -0.577. The van der Waals surface area contributed by atoms with Crippen molar-refractivity contribution in [2.45, 2.75) is 44.1 Å². The van der Waals surface area contributed by atoms with Crippen LogP contribution >= 0.6 is 0 Å². The van der Waals surface area contributed by atoms with Crippen LogP contribution in [0.3, 0.4) is 0 Å². The predicted octanol–water partition coefficient (Wildman–Crippen LogP) is 1.83. The van der Waals surface area contributed by atoms with Crippen molar-refractivity contribution in [3.63, 3.8) is 0 Å². The maximum Gasteiger partial charge on any atom is 0.305 e. The number of rotatable bonds is 7. The number of aliphatic hydroxyl groups is 2. The van der Waals surface area contributed by atoms with E-state index in [1.807, 2.05) is 60.7 Å². The molecule has 4 atom stereocenters. The highest BCUT2D eigenvalue weighted by atomic mass is 16.7. The molecular formula is C21H24O6. The van der Waals surface area contributed by atoms with Crippen LogP contribution in [0.15, 0.2) is 60.7 Å². The Bertz CT molecular complexity index is 735. The third kappa shape index (κ3) is 4.54. The maximum atomic E-state index is 11.5. The third-order valence-electron chi connectivity index (χ3n) is 4.59. The molecule has 0 spiro atoms. The Morgan fingerprint density at radius 3 is 2.22 bits per heavy atom. The van der Waals surface area contributed by atoms with E-state index < -0.39 is 30.1 Å². The number of hydrogen-bond donors (Lipinski definition) is 2. The Balaban J connectivity index is 1.86. The minimum absolute atomic E-state index is 0.155. The normalized spacial score (nSPS) is 27.4. The first-order valence-corrected chi connectivity index (χ1v) is 8.88. The highest BCUT2D eigenvalue weighted by Crippen LogP contribution is 2.37. The van der Waals surface area contributed by atoms with Crippen molar-refractivity contribution in [2.75, 3.05) is 6.61 Å². The fourth-order valence-electron chi connectivity index (χ4n) is 3.34. The summed E-state index contributed by atoms with van der Waals surface area (Å²) in [7, 11) is 0. The van der Waals surface area contributed by atoms with Gasteiger partial charge >= 0.3 is 5.97 Å². The van der Waals surface area contributed by atoms with Gasteiger partial charge < -0.3 is 24.4 Å². The van der Waals surface area contributed by atoms with Gasteiger partial charge in [-0.2, -0.15) is 0 Å². The van der Waals surface area contributed by atoms with Crippen molar-refractivity contribution >= 4 is 5.97 Å². The zero-order valence-electron chi connectivity index (χ0n) is 15.2. The number of aliphatic hydroxyl groups excluding tert-OH is 1. The van der Waals surface area contributed by atoms with Crippen LogP contribution in [0.5, 0.6) is 0 Å². The summed E-state index contributed by atoms with van der Waals surface area (Å²) in [6.45, 7) is 1.11. The molecule has 0 radical (unpaired) electrons. The monoisotopic (exact) mass is 372 g/mol. The first kappa shape index (κ1) is 19.5. The van der Waals surface area contributed by atoms with E-state index in [4.69, 9.17) is 14.2 Å². The van der Waals surface area contributed by atoms with Crippen molar-refractivity contribution < 1.29 is 29.2 Å².